The van der Waals surface area contributed by atoms with E-state index in [1.807, 2.05) is 18.2 Å². The van der Waals surface area contributed by atoms with Gasteiger partial charge in [0.2, 0.25) is 6.79 Å². The molecule has 16 heavy (non-hydrogen) atoms. The second-order valence-corrected chi connectivity index (χ2v) is 4.16. The monoisotopic (exact) mass is 281 g/mol. The minimum absolute atomic E-state index is 0.269. The lowest BCUT2D eigenvalue weighted by Gasteiger charge is -2.01. The summed E-state index contributed by atoms with van der Waals surface area (Å²) in [5, 5.41) is 6.78. The molecule has 0 unspecified atom stereocenters. The number of rotatable bonds is 1. The molecule has 1 aromatic carbocycles. The Kier molecular flexibility index (Phi) is 2.03. The zero-order valence-corrected chi connectivity index (χ0v) is 9.74. The van der Waals surface area contributed by atoms with Gasteiger partial charge in [0.25, 0.3) is 0 Å². The SMILES string of the molecule is Nc1n[nH]c(-c2ccc3c(c2)OCO3)c1Br. The van der Waals surface area contributed by atoms with E-state index in [2.05, 4.69) is 26.1 Å². The van der Waals surface area contributed by atoms with Crippen LogP contribution in [0.25, 0.3) is 11.3 Å². The molecule has 6 heteroatoms. The summed E-state index contributed by atoms with van der Waals surface area (Å²) in [5.41, 5.74) is 7.42. The number of nitrogen functional groups attached to an aromatic ring is 1. The third-order valence-corrected chi connectivity index (χ3v) is 3.20. The van der Waals surface area contributed by atoms with Crippen LogP contribution in [0.2, 0.25) is 0 Å². The maximum absolute atomic E-state index is 5.65. The Bertz CT molecular complexity index is 553. The van der Waals surface area contributed by atoms with Crippen LogP contribution in [-0.4, -0.2) is 17.0 Å². The number of nitrogens with zero attached hydrogens (tertiary/aromatic N) is 1. The lowest BCUT2D eigenvalue weighted by Crippen LogP contribution is -1.92. The summed E-state index contributed by atoms with van der Waals surface area (Å²) in [6.45, 7) is 0.269. The molecule has 2 aromatic rings. The van der Waals surface area contributed by atoms with Gasteiger partial charge >= 0.3 is 0 Å². The van der Waals surface area contributed by atoms with E-state index in [1.54, 1.807) is 0 Å². The number of ether oxygens (including phenoxy) is 2. The third-order valence-electron chi connectivity index (χ3n) is 2.39. The lowest BCUT2D eigenvalue weighted by molar-refractivity contribution is 0.174. The summed E-state index contributed by atoms with van der Waals surface area (Å²) in [7, 11) is 0. The minimum atomic E-state index is 0.269. The van der Waals surface area contributed by atoms with Gasteiger partial charge in [-0.2, -0.15) is 5.10 Å². The van der Waals surface area contributed by atoms with Gasteiger partial charge < -0.3 is 15.2 Å². The topological polar surface area (TPSA) is 73.2 Å². The highest BCUT2D eigenvalue weighted by Gasteiger charge is 2.16. The Labute approximate surface area is 99.7 Å². The van der Waals surface area contributed by atoms with Gasteiger partial charge in [0.1, 0.15) is 0 Å². The molecule has 0 spiro atoms. The van der Waals surface area contributed by atoms with Crippen LogP contribution in [0.5, 0.6) is 11.5 Å². The van der Waals surface area contributed by atoms with E-state index < -0.39 is 0 Å². The van der Waals surface area contributed by atoms with E-state index in [9.17, 15) is 0 Å². The number of nitrogens with one attached hydrogen (secondary N) is 1. The lowest BCUT2D eigenvalue weighted by atomic mass is 10.1. The Morgan fingerprint density at radius 3 is 2.88 bits per heavy atom. The van der Waals surface area contributed by atoms with Crippen molar-refractivity contribution in [3.05, 3.63) is 22.7 Å². The number of benzene rings is 1. The molecule has 1 aliphatic heterocycles. The van der Waals surface area contributed by atoms with Gasteiger partial charge in [-0.15, -0.1) is 0 Å². The minimum Gasteiger partial charge on any atom is -0.454 e. The zero-order valence-electron chi connectivity index (χ0n) is 8.16. The van der Waals surface area contributed by atoms with Crippen LogP contribution in [0.15, 0.2) is 22.7 Å². The number of halogens is 1. The first kappa shape index (κ1) is 9.53. The normalized spacial score (nSPS) is 13.1. The summed E-state index contributed by atoms with van der Waals surface area (Å²) in [4.78, 5) is 0. The highest BCUT2D eigenvalue weighted by atomic mass is 79.9. The van der Waals surface area contributed by atoms with Crippen LogP contribution < -0.4 is 15.2 Å². The maximum atomic E-state index is 5.65. The van der Waals surface area contributed by atoms with Gasteiger partial charge in [-0.3, -0.25) is 5.10 Å². The number of anilines is 1. The van der Waals surface area contributed by atoms with Crippen molar-refractivity contribution >= 4 is 21.7 Å². The van der Waals surface area contributed by atoms with Crippen LogP contribution in [-0.2, 0) is 0 Å². The molecule has 82 valence electrons. The molecule has 1 aromatic heterocycles. The summed E-state index contributed by atoms with van der Waals surface area (Å²) in [6.07, 6.45) is 0. The fourth-order valence-corrected chi connectivity index (χ4v) is 1.99. The smallest absolute Gasteiger partial charge is 0.231 e. The van der Waals surface area contributed by atoms with E-state index in [0.29, 0.717) is 5.82 Å². The summed E-state index contributed by atoms with van der Waals surface area (Å²) in [6, 6.07) is 5.67. The van der Waals surface area contributed by atoms with Crippen molar-refractivity contribution < 1.29 is 9.47 Å². The number of hydrogen-bond acceptors (Lipinski definition) is 4. The van der Waals surface area contributed by atoms with Crippen molar-refractivity contribution in [2.45, 2.75) is 0 Å². The highest BCUT2D eigenvalue weighted by molar-refractivity contribution is 9.10. The molecular weight excluding hydrogens is 274 g/mol. The molecule has 5 nitrogen and oxygen atoms in total. The molecule has 3 rings (SSSR count). The first-order valence-corrected chi connectivity index (χ1v) is 5.44. The van der Waals surface area contributed by atoms with Crippen molar-refractivity contribution in [3.63, 3.8) is 0 Å². The molecule has 0 saturated carbocycles. The maximum Gasteiger partial charge on any atom is 0.231 e. The molecule has 0 radical (unpaired) electrons. The van der Waals surface area contributed by atoms with E-state index in [1.165, 1.54) is 0 Å². The molecule has 1 aliphatic rings. The van der Waals surface area contributed by atoms with Crippen molar-refractivity contribution in [2.75, 3.05) is 12.5 Å². The Morgan fingerprint density at radius 2 is 2.12 bits per heavy atom. The first-order chi connectivity index (χ1) is 7.75. The Balaban J connectivity index is 2.10. The highest BCUT2D eigenvalue weighted by Crippen LogP contribution is 2.38. The number of aromatic nitrogens is 2. The quantitative estimate of drug-likeness (QED) is 0.840. The van der Waals surface area contributed by atoms with Gasteiger partial charge in [0.15, 0.2) is 17.3 Å². The molecule has 0 saturated heterocycles. The van der Waals surface area contributed by atoms with Gasteiger partial charge in [-0.1, -0.05) is 0 Å². The zero-order chi connectivity index (χ0) is 11.1. The van der Waals surface area contributed by atoms with Crippen LogP contribution in [0.1, 0.15) is 0 Å². The van der Waals surface area contributed by atoms with Gasteiger partial charge in [0.05, 0.1) is 10.2 Å². The average molecular weight is 282 g/mol. The van der Waals surface area contributed by atoms with E-state index in [0.717, 1.165) is 27.2 Å². The molecule has 3 N–H and O–H groups in total. The van der Waals surface area contributed by atoms with Crippen LogP contribution in [0.3, 0.4) is 0 Å². The number of hydrogen-bond donors (Lipinski definition) is 2. The number of nitrogens with two attached hydrogens (primary N) is 1. The number of aromatic amines is 1. The van der Waals surface area contributed by atoms with E-state index in [-0.39, 0.29) is 6.79 Å². The molecule has 0 bridgehead atoms. The summed E-state index contributed by atoms with van der Waals surface area (Å²) in [5.74, 6) is 1.93. The third kappa shape index (κ3) is 1.34. The molecule has 0 aliphatic carbocycles. The van der Waals surface area contributed by atoms with E-state index >= 15 is 0 Å². The van der Waals surface area contributed by atoms with Crippen LogP contribution in [0.4, 0.5) is 5.82 Å². The second-order valence-electron chi connectivity index (χ2n) is 3.37. The van der Waals surface area contributed by atoms with Gasteiger partial charge in [0, 0.05) is 5.56 Å². The Hall–Kier alpha value is -1.69. The molecule has 0 amide bonds. The van der Waals surface area contributed by atoms with Gasteiger partial charge in [-0.05, 0) is 34.1 Å². The average Bonchev–Trinajstić information content (AvgIpc) is 2.86. The fraction of sp³-hybridized carbons (Fsp3) is 0.100. The number of fused-ring (bicyclic) bond motifs is 1. The van der Waals surface area contributed by atoms with Gasteiger partial charge in [-0.25, -0.2) is 0 Å². The predicted molar refractivity (Wildman–Crippen MR) is 62.3 cm³/mol. The molecule has 2 heterocycles. The fourth-order valence-electron chi connectivity index (χ4n) is 1.59. The van der Waals surface area contributed by atoms with Crippen LogP contribution >= 0.6 is 15.9 Å². The van der Waals surface area contributed by atoms with E-state index in [4.69, 9.17) is 15.2 Å². The predicted octanol–water partition coefficient (Wildman–Crippen LogP) is 2.15. The number of H-pyrrole nitrogens is 1. The standard InChI is InChI=1S/C10H8BrN3O2/c11-8-9(13-14-10(8)12)5-1-2-6-7(3-5)16-4-15-6/h1-3H,4H2,(H3,12,13,14). The second kappa shape index (κ2) is 3.41. The summed E-state index contributed by atoms with van der Waals surface area (Å²) >= 11 is 3.38. The summed E-state index contributed by atoms with van der Waals surface area (Å²) < 4.78 is 11.3. The first-order valence-electron chi connectivity index (χ1n) is 4.65. The van der Waals surface area contributed by atoms with Crippen molar-refractivity contribution in [2.24, 2.45) is 0 Å². The Morgan fingerprint density at radius 1 is 1.31 bits per heavy atom. The molecular formula is C10H8BrN3O2. The largest absolute Gasteiger partial charge is 0.454 e. The molecule has 0 atom stereocenters. The van der Waals surface area contributed by atoms with Crippen molar-refractivity contribution in [3.8, 4) is 22.8 Å². The van der Waals surface area contributed by atoms with Crippen LogP contribution in [0, 0.1) is 0 Å². The van der Waals surface area contributed by atoms with Crippen molar-refractivity contribution in [1.29, 1.82) is 0 Å². The van der Waals surface area contributed by atoms with Crippen molar-refractivity contribution in [1.82, 2.24) is 10.2 Å². The molecule has 0 fully saturated rings.